The van der Waals surface area contributed by atoms with Crippen molar-refractivity contribution in [2.45, 2.75) is 120 Å². The highest BCUT2D eigenvalue weighted by Crippen LogP contribution is 2.37. The second kappa shape index (κ2) is 12.9. The molecule has 224 valence electrons. The molecule has 11 atom stereocenters. The average Bonchev–Trinajstić information content (AvgIpc) is 3.33. The largest absolute Gasteiger partial charge is 0.522 e. The third-order valence-electron chi connectivity index (χ3n) is 9.86. The summed E-state index contributed by atoms with van der Waals surface area (Å²) >= 11 is 0. The first kappa shape index (κ1) is 29.5. The Morgan fingerprint density at radius 2 is 1.69 bits per heavy atom. The molecule has 5 rings (SSSR count). The van der Waals surface area contributed by atoms with Gasteiger partial charge in [-0.05, 0) is 88.6 Å². The van der Waals surface area contributed by atoms with E-state index in [-0.39, 0.29) is 48.4 Å². The molecular formula is C27H47F3N6O3. The summed E-state index contributed by atoms with van der Waals surface area (Å²) in [6.07, 6.45) is 1.73. The van der Waals surface area contributed by atoms with Gasteiger partial charge in [0.05, 0.1) is 18.2 Å². The minimum Gasteiger partial charge on any atom is -0.380 e. The highest BCUT2D eigenvalue weighted by molar-refractivity contribution is 5.82. The number of hydrogen-bond donors (Lipinski definition) is 6. The van der Waals surface area contributed by atoms with Gasteiger partial charge in [0, 0.05) is 37.8 Å². The Morgan fingerprint density at radius 3 is 2.49 bits per heavy atom. The zero-order valence-electron chi connectivity index (χ0n) is 23.2. The van der Waals surface area contributed by atoms with Gasteiger partial charge >= 0.3 is 6.36 Å². The molecule has 1 amide bonds. The van der Waals surface area contributed by atoms with Crippen molar-refractivity contribution in [1.82, 2.24) is 31.9 Å². The lowest BCUT2D eigenvalue weighted by Gasteiger charge is -2.43. The Bertz CT molecular complexity index is 822. The molecule has 6 N–H and O–H groups in total. The number of halogens is 3. The molecule has 2 saturated carbocycles. The number of piperidine rings is 1. The molecule has 5 fully saturated rings. The van der Waals surface area contributed by atoms with E-state index in [1.807, 2.05) is 0 Å². The Hall–Kier alpha value is -1.02. The van der Waals surface area contributed by atoms with Crippen LogP contribution in [-0.2, 0) is 14.3 Å². The smallest absolute Gasteiger partial charge is 0.380 e. The minimum atomic E-state index is -4.60. The van der Waals surface area contributed by atoms with Gasteiger partial charge in [-0.1, -0.05) is 6.92 Å². The maximum atomic E-state index is 13.2. The number of fused-ring (bicyclic) bond motifs is 1. The second-order valence-corrected chi connectivity index (χ2v) is 12.5. The summed E-state index contributed by atoms with van der Waals surface area (Å²) in [5, 5.41) is 21.3. The van der Waals surface area contributed by atoms with E-state index in [1.54, 1.807) is 7.11 Å². The molecule has 11 unspecified atom stereocenters. The summed E-state index contributed by atoms with van der Waals surface area (Å²) in [7, 11) is 1.79. The summed E-state index contributed by atoms with van der Waals surface area (Å²) in [6, 6.07) is 0.508. The summed E-state index contributed by atoms with van der Waals surface area (Å²) in [4.78, 5) is 13.2. The van der Waals surface area contributed by atoms with Gasteiger partial charge in [0.2, 0.25) is 5.91 Å². The van der Waals surface area contributed by atoms with Crippen molar-refractivity contribution in [1.29, 1.82) is 0 Å². The van der Waals surface area contributed by atoms with Crippen molar-refractivity contribution >= 4 is 5.91 Å². The summed E-state index contributed by atoms with van der Waals surface area (Å²) < 4.78 is 47.9. The van der Waals surface area contributed by atoms with Crippen molar-refractivity contribution < 1.29 is 27.4 Å². The molecule has 3 saturated heterocycles. The molecule has 12 heteroatoms. The number of methoxy groups -OCH3 is 1. The Morgan fingerprint density at radius 1 is 0.897 bits per heavy atom. The number of nitrogens with one attached hydrogen (secondary N) is 6. The number of carbonyl (C=O) groups is 1. The quantitative estimate of drug-likeness (QED) is 0.279. The van der Waals surface area contributed by atoms with E-state index in [9.17, 15) is 18.0 Å². The molecule has 0 spiro atoms. The molecule has 0 aromatic carbocycles. The molecular weight excluding hydrogens is 513 g/mol. The molecule has 0 bridgehead atoms. The Labute approximate surface area is 229 Å². The first-order valence-corrected chi connectivity index (χ1v) is 15.0. The van der Waals surface area contributed by atoms with E-state index in [1.165, 1.54) is 0 Å². The van der Waals surface area contributed by atoms with Crippen molar-refractivity contribution in [2.75, 3.05) is 26.7 Å². The molecule has 2 aliphatic carbocycles. The van der Waals surface area contributed by atoms with Crippen LogP contribution in [0.15, 0.2) is 0 Å². The number of amides is 1. The van der Waals surface area contributed by atoms with Crippen LogP contribution < -0.4 is 31.9 Å². The third kappa shape index (κ3) is 7.84. The van der Waals surface area contributed by atoms with Gasteiger partial charge in [0.15, 0.2) is 0 Å². The van der Waals surface area contributed by atoms with Crippen LogP contribution in [0.4, 0.5) is 13.2 Å². The molecule has 3 aliphatic heterocycles. The molecule has 0 aromatic heterocycles. The third-order valence-corrected chi connectivity index (χ3v) is 9.86. The zero-order valence-corrected chi connectivity index (χ0v) is 23.2. The Balaban J connectivity index is 1.08. The van der Waals surface area contributed by atoms with Gasteiger partial charge in [-0.2, -0.15) is 0 Å². The molecule has 3 heterocycles. The van der Waals surface area contributed by atoms with Gasteiger partial charge in [-0.15, -0.1) is 13.2 Å². The fraction of sp³-hybridized carbons (Fsp3) is 0.963. The van der Waals surface area contributed by atoms with Crippen molar-refractivity contribution in [3.8, 4) is 0 Å². The number of rotatable bonds is 7. The van der Waals surface area contributed by atoms with E-state index in [0.29, 0.717) is 43.6 Å². The molecule has 5 aliphatic rings. The van der Waals surface area contributed by atoms with Crippen molar-refractivity contribution in [2.24, 2.45) is 17.8 Å². The van der Waals surface area contributed by atoms with Crippen LogP contribution in [-0.4, -0.2) is 87.7 Å². The molecule has 0 aromatic rings. The monoisotopic (exact) mass is 560 g/mol. The topological polar surface area (TPSA) is 108 Å². The zero-order chi connectivity index (χ0) is 27.6. The molecule has 0 radical (unpaired) electrons. The van der Waals surface area contributed by atoms with E-state index in [2.05, 4.69) is 43.6 Å². The highest BCUT2D eigenvalue weighted by Gasteiger charge is 2.44. The van der Waals surface area contributed by atoms with Crippen LogP contribution in [0.2, 0.25) is 0 Å². The van der Waals surface area contributed by atoms with Gasteiger partial charge in [0.25, 0.3) is 0 Å². The summed E-state index contributed by atoms with van der Waals surface area (Å²) in [5.74, 6) is 1.04. The number of carbonyl (C=O) groups excluding carboxylic acids is 1. The first-order valence-electron chi connectivity index (χ1n) is 15.0. The lowest BCUT2D eigenvalue weighted by atomic mass is 9.82. The predicted octanol–water partition coefficient (Wildman–Crippen LogP) is 1.54. The maximum absolute atomic E-state index is 13.2. The van der Waals surface area contributed by atoms with Gasteiger partial charge in [-0.3, -0.25) is 25.5 Å². The Kier molecular flexibility index (Phi) is 9.73. The van der Waals surface area contributed by atoms with Crippen LogP contribution in [0.1, 0.15) is 64.7 Å². The van der Waals surface area contributed by atoms with Crippen LogP contribution in [0, 0.1) is 17.8 Å². The highest BCUT2D eigenvalue weighted by atomic mass is 19.4. The fourth-order valence-electron chi connectivity index (χ4n) is 7.65. The number of hydrogen-bond acceptors (Lipinski definition) is 8. The van der Waals surface area contributed by atoms with E-state index in [4.69, 9.17) is 4.74 Å². The van der Waals surface area contributed by atoms with Crippen LogP contribution in [0.25, 0.3) is 0 Å². The molecule has 9 nitrogen and oxygen atoms in total. The fourth-order valence-corrected chi connectivity index (χ4v) is 7.65. The van der Waals surface area contributed by atoms with Gasteiger partial charge < -0.3 is 20.7 Å². The lowest BCUT2D eigenvalue weighted by molar-refractivity contribution is -0.346. The van der Waals surface area contributed by atoms with E-state index in [0.717, 1.165) is 51.7 Å². The van der Waals surface area contributed by atoms with Crippen molar-refractivity contribution in [3.63, 3.8) is 0 Å². The number of alkyl halides is 3. The minimum absolute atomic E-state index is 0.0255. The normalized spacial score (nSPS) is 43.6. The maximum Gasteiger partial charge on any atom is 0.522 e. The lowest BCUT2D eigenvalue weighted by Crippen LogP contribution is -2.66. The van der Waals surface area contributed by atoms with Crippen LogP contribution >= 0.6 is 0 Å². The van der Waals surface area contributed by atoms with Gasteiger partial charge in [0.1, 0.15) is 6.29 Å². The van der Waals surface area contributed by atoms with Gasteiger partial charge in [-0.25, -0.2) is 0 Å². The van der Waals surface area contributed by atoms with E-state index < -0.39 is 12.5 Å². The van der Waals surface area contributed by atoms with Crippen LogP contribution in [0.3, 0.4) is 0 Å². The number of ether oxygens (including phenoxy) is 2. The SMILES string of the molecule is COC1CNCC(C2CCNC(NC3CC(NC(=O)C4CC5CC(OC(F)(F)F)CCC5N4)CCC3C)N2)C1. The first-order chi connectivity index (χ1) is 18.7. The average molecular weight is 561 g/mol. The molecule has 39 heavy (non-hydrogen) atoms. The summed E-state index contributed by atoms with van der Waals surface area (Å²) in [6.45, 7) is 5.14. The van der Waals surface area contributed by atoms with E-state index >= 15 is 0 Å². The van der Waals surface area contributed by atoms with Crippen LogP contribution in [0.5, 0.6) is 0 Å². The van der Waals surface area contributed by atoms with Crippen molar-refractivity contribution in [3.05, 3.63) is 0 Å². The predicted molar refractivity (Wildman–Crippen MR) is 141 cm³/mol. The second-order valence-electron chi connectivity index (χ2n) is 12.5. The summed E-state index contributed by atoms with van der Waals surface area (Å²) in [5.41, 5.74) is 0. The standard InChI is InChI=1S/C27H47F3N6O3/c1-15-3-4-18(33-25(37)24-11-16-9-19(39-27(28,29)30)5-6-21(16)34-24)12-23(15)36-26-32-8-7-22(35-26)17-10-20(38-2)14-31-13-17/h15-24,26,31-32,34-36H,3-14H2,1-2H3,(H,33,37).